The number of nitrogens with zero attached hydrogens (tertiary/aromatic N) is 2. The number of hydrogen-bond acceptors (Lipinski definition) is 5. The van der Waals surface area contributed by atoms with Gasteiger partial charge >= 0.3 is 0 Å². The molecule has 2 atom stereocenters. The fourth-order valence-corrected chi connectivity index (χ4v) is 4.59. The van der Waals surface area contributed by atoms with Crippen molar-refractivity contribution < 1.29 is 23.4 Å². The highest BCUT2D eigenvalue weighted by molar-refractivity contribution is 5.77. The number of fused-ring (bicyclic) bond motifs is 1. The van der Waals surface area contributed by atoms with E-state index in [1.54, 1.807) is 18.3 Å². The second kappa shape index (κ2) is 9.37. The van der Waals surface area contributed by atoms with Crippen molar-refractivity contribution >= 4 is 5.91 Å². The van der Waals surface area contributed by atoms with Gasteiger partial charge in [0.25, 0.3) is 0 Å². The molecule has 3 aromatic rings. The Morgan fingerprint density at radius 2 is 2.00 bits per heavy atom. The van der Waals surface area contributed by atoms with Gasteiger partial charge in [-0.3, -0.25) is 4.79 Å². The number of imidazole rings is 1. The minimum Gasteiger partial charge on any atom is -0.494 e. The number of aromatic nitrogens is 2. The summed E-state index contributed by atoms with van der Waals surface area (Å²) in [7, 11) is 0. The van der Waals surface area contributed by atoms with Gasteiger partial charge in [0, 0.05) is 18.8 Å². The molecule has 1 aliphatic heterocycles. The van der Waals surface area contributed by atoms with Crippen LogP contribution in [-0.4, -0.2) is 40.8 Å². The van der Waals surface area contributed by atoms with Crippen LogP contribution in [0.15, 0.2) is 54.9 Å². The van der Waals surface area contributed by atoms with Gasteiger partial charge in [-0.05, 0) is 68.1 Å². The van der Waals surface area contributed by atoms with E-state index in [1.165, 1.54) is 12.1 Å². The summed E-state index contributed by atoms with van der Waals surface area (Å²) in [5.74, 6) is 2.71. The summed E-state index contributed by atoms with van der Waals surface area (Å²) in [6.07, 6.45) is 6.18. The van der Waals surface area contributed by atoms with Gasteiger partial charge in [-0.2, -0.15) is 0 Å². The van der Waals surface area contributed by atoms with Crippen molar-refractivity contribution in [3.8, 4) is 17.2 Å². The van der Waals surface area contributed by atoms with Crippen LogP contribution in [0.3, 0.4) is 0 Å². The molecule has 2 aliphatic rings. The van der Waals surface area contributed by atoms with E-state index in [1.807, 2.05) is 31.3 Å². The van der Waals surface area contributed by atoms with E-state index in [-0.39, 0.29) is 23.3 Å². The SMILES string of the molecule is Cc1nccn1C1CC1(Cc1ccc2c(c1)OCCO2)NC(=O)CCCOc1ccc(F)cc1. The predicted molar refractivity (Wildman–Crippen MR) is 124 cm³/mol. The molecule has 8 heteroatoms. The first kappa shape index (κ1) is 22.3. The second-order valence-electron chi connectivity index (χ2n) is 8.87. The van der Waals surface area contributed by atoms with Gasteiger partial charge in [0.1, 0.15) is 30.6 Å². The average Bonchev–Trinajstić information content (AvgIpc) is 3.33. The van der Waals surface area contributed by atoms with Gasteiger partial charge < -0.3 is 24.1 Å². The molecule has 1 aliphatic carbocycles. The summed E-state index contributed by atoms with van der Waals surface area (Å²) < 4.78 is 32.2. The molecule has 1 aromatic heterocycles. The zero-order valence-electron chi connectivity index (χ0n) is 19.1. The lowest BCUT2D eigenvalue weighted by molar-refractivity contribution is -0.122. The number of benzene rings is 2. The number of carbonyl (C=O) groups excluding carboxylic acids is 1. The Kier molecular flexibility index (Phi) is 6.13. The quantitative estimate of drug-likeness (QED) is 0.484. The summed E-state index contributed by atoms with van der Waals surface area (Å²) in [6.45, 7) is 3.45. The van der Waals surface area contributed by atoms with E-state index in [2.05, 4.69) is 14.9 Å². The molecule has 1 amide bonds. The number of rotatable bonds is 9. The van der Waals surface area contributed by atoms with E-state index in [9.17, 15) is 9.18 Å². The van der Waals surface area contributed by atoms with Crippen molar-refractivity contribution in [1.82, 2.24) is 14.9 Å². The number of ether oxygens (including phenoxy) is 3. The van der Waals surface area contributed by atoms with Crippen molar-refractivity contribution in [1.29, 1.82) is 0 Å². The molecule has 2 heterocycles. The predicted octanol–water partition coefficient (Wildman–Crippen LogP) is 4.00. The maximum Gasteiger partial charge on any atom is 0.220 e. The zero-order valence-corrected chi connectivity index (χ0v) is 19.1. The maximum absolute atomic E-state index is 13.0. The number of amides is 1. The minimum atomic E-state index is -0.385. The number of aryl methyl sites for hydroxylation is 1. The van der Waals surface area contributed by atoms with E-state index >= 15 is 0 Å². The maximum atomic E-state index is 13.0. The van der Waals surface area contributed by atoms with E-state index in [0.29, 0.717) is 44.8 Å². The summed E-state index contributed by atoms with van der Waals surface area (Å²) in [6, 6.07) is 12.0. The monoisotopic (exact) mass is 465 g/mol. The summed E-state index contributed by atoms with van der Waals surface area (Å²) in [5, 5.41) is 3.30. The third-order valence-corrected chi connectivity index (χ3v) is 6.38. The van der Waals surface area contributed by atoms with Gasteiger partial charge in [-0.15, -0.1) is 0 Å². The fourth-order valence-electron chi connectivity index (χ4n) is 4.59. The van der Waals surface area contributed by atoms with Gasteiger partial charge in [0.15, 0.2) is 11.5 Å². The minimum absolute atomic E-state index is 0.0134. The number of nitrogens with one attached hydrogen (secondary N) is 1. The largest absolute Gasteiger partial charge is 0.494 e. The molecule has 5 rings (SSSR count). The van der Waals surface area contributed by atoms with Gasteiger partial charge in [-0.1, -0.05) is 6.07 Å². The molecule has 0 saturated heterocycles. The van der Waals surface area contributed by atoms with Crippen LogP contribution >= 0.6 is 0 Å². The number of hydrogen-bond donors (Lipinski definition) is 1. The molecule has 1 N–H and O–H groups in total. The van der Waals surface area contributed by atoms with Gasteiger partial charge in [-0.25, -0.2) is 9.37 Å². The lowest BCUT2D eigenvalue weighted by Crippen LogP contribution is -2.41. The topological polar surface area (TPSA) is 74.6 Å². The first-order valence-corrected chi connectivity index (χ1v) is 11.6. The Hall–Kier alpha value is -3.55. The molecule has 0 bridgehead atoms. The molecule has 1 saturated carbocycles. The molecule has 1 fully saturated rings. The average molecular weight is 466 g/mol. The van der Waals surface area contributed by atoms with Crippen molar-refractivity contribution in [3.63, 3.8) is 0 Å². The summed E-state index contributed by atoms with van der Waals surface area (Å²) in [5.41, 5.74) is 0.703. The van der Waals surface area contributed by atoms with Gasteiger partial charge in [0.05, 0.1) is 18.2 Å². The van der Waals surface area contributed by atoms with E-state index < -0.39 is 0 Å². The van der Waals surface area contributed by atoms with Crippen LogP contribution in [0.1, 0.15) is 36.7 Å². The van der Waals surface area contributed by atoms with Crippen LogP contribution in [0.25, 0.3) is 0 Å². The second-order valence-corrected chi connectivity index (χ2v) is 8.87. The first-order chi connectivity index (χ1) is 16.5. The lowest BCUT2D eigenvalue weighted by Gasteiger charge is -2.23. The standard InChI is InChI=1S/C26H28FN3O4/c1-18-28-10-11-30(18)24-17-26(24,16-19-4-9-22-23(15-19)34-14-13-33-22)29-25(31)3-2-12-32-21-7-5-20(27)6-8-21/h4-11,15,24H,2-3,12-14,16-17H2,1H3,(H,29,31). The molecule has 2 aromatic carbocycles. The van der Waals surface area contributed by atoms with Crippen LogP contribution in [0, 0.1) is 12.7 Å². The van der Waals surface area contributed by atoms with Crippen molar-refractivity contribution in [2.24, 2.45) is 0 Å². The van der Waals surface area contributed by atoms with E-state index in [0.717, 1.165) is 29.3 Å². The van der Waals surface area contributed by atoms with Crippen LogP contribution < -0.4 is 19.5 Å². The third kappa shape index (κ3) is 4.85. The molecule has 0 spiro atoms. The Morgan fingerprint density at radius 3 is 2.76 bits per heavy atom. The lowest BCUT2D eigenvalue weighted by atomic mass is 10.0. The first-order valence-electron chi connectivity index (χ1n) is 11.6. The highest BCUT2D eigenvalue weighted by Gasteiger charge is 2.56. The fraction of sp³-hybridized carbons (Fsp3) is 0.385. The Bertz CT molecular complexity index is 1160. The van der Waals surface area contributed by atoms with E-state index in [4.69, 9.17) is 14.2 Å². The Balaban J connectivity index is 1.23. The highest BCUT2D eigenvalue weighted by atomic mass is 19.1. The van der Waals surface area contributed by atoms with Gasteiger partial charge in [0.2, 0.25) is 5.91 Å². The summed E-state index contributed by atoms with van der Waals surface area (Å²) in [4.78, 5) is 17.2. The van der Waals surface area contributed by atoms with Crippen molar-refractivity contribution in [3.05, 3.63) is 72.1 Å². The molecule has 34 heavy (non-hydrogen) atoms. The molecular weight excluding hydrogens is 437 g/mol. The highest BCUT2D eigenvalue weighted by Crippen LogP contribution is 2.51. The molecule has 0 radical (unpaired) electrons. The third-order valence-electron chi connectivity index (χ3n) is 6.38. The number of halogens is 1. The van der Waals surface area contributed by atoms with Crippen molar-refractivity contribution in [2.45, 2.75) is 44.2 Å². The molecule has 2 unspecified atom stereocenters. The summed E-state index contributed by atoms with van der Waals surface area (Å²) >= 11 is 0. The molecule has 7 nitrogen and oxygen atoms in total. The van der Waals surface area contributed by atoms with Crippen LogP contribution in [0.5, 0.6) is 17.2 Å². The normalized spacial score (nSPS) is 20.6. The smallest absolute Gasteiger partial charge is 0.220 e. The van der Waals surface area contributed by atoms with Crippen molar-refractivity contribution in [2.75, 3.05) is 19.8 Å². The Labute approximate surface area is 197 Å². The zero-order chi connectivity index (χ0) is 23.5. The van der Waals surface area contributed by atoms with Crippen LogP contribution in [0.2, 0.25) is 0 Å². The molecule has 178 valence electrons. The Morgan fingerprint density at radius 1 is 1.21 bits per heavy atom. The van der Waals surface area contributed by atoms with Crippen LogP contribution in [-0.2, 0) is 11.2 Å². The number of carbonyl (C=O) groups is 1. The van der Waals surface area contributed by atoms with Crippen LogP contribution in [0.4, 0.5) is 4.39 Å². The molecular formula is C26H28FN3O4.